The highest BCUT2D eigenvalue weighted by Crippen LogP contribution is 2.39. The molecule has 3 aromatic rings. The first-order chi connectivity index (χ1) is 15.5. The number of rotatable bonds is 4. The number of hydrogen-bond donors (Lipinski definition) is 1. The fourth-order valence-electron chi connectivity index (χ4n) is 5.19. The molecule has 0 bridgehead atoms. The Labute approximate surface area is 191 Å². The van der Waals surface area contributed by atoms with E-state index in [9.17, 15) is 18.0 Å². The second kappa shape index (κ2) is 8.69. The number of carbonyl (C=O) groups excluding carboxylic acids is 1. The van der Waals surface area contributed by atoms with Crippen LogP contribution in [0.1, 0.15) is 56.1 Å². The van der Waals surface area contributed by atoms with Gasteiger partial charge in [0, 0.05) is 11.7 Å². The van der Waals surface area contributed by atoms with E-state index in [4.69, 9.17) is 0 Å². The number of aromatic nitrogens is 2. The van der Waals surface area contributed by atoms with Crippen molar-refractivity contribution in [2.45, 2.75) is 52.3 Å². The van der Waals surface area contributed by atoms with E-state index >= 15 is 0 Å². The molecule has 1 aliphatic rings. The van der Waals surface area contributed by atoms with Gasteiger partial charge < -0.3 is 5.32 Å². The third-order valence-corrected chi connectivity index (χ3v) is 6.26. The lowest BCUT2D eigenvalue weighted by Gasteiger charge is -2.39. The van der Waals surface area contributed by atoms with E-state index < -0.39 is 11.7 Å². The van der Waals surface area contributed by atoms with E-state index in [2.05, 4.69) is 31.1 Å². The van der Waals surface area contributed by atoms with Gasteiger partial charge in [0.1, 0.15) is 5.69 Å². The molecule has 1 fully saturated rings. The van der Waals surface area contributed by atoms with Crippen LogP contribution in [0, 0.1) is 11.3 Å². The van der Waals surface area contributed by atoms with E-state index in [0.717, 1.165) is 25.3 Å². The molecule has 1 N–H and O–H groups in total. The Balaban J connectivity index is 1.62. The average Bonchev–Trinajstić information content (AvgIpc) is 3.22. The Morgan fingerprint density at radius 2 is 1.88 bits per heavy atom. The van der Waals surface area contributed by atoms with Gasteiger partial charge in [-0.1, -0.05) is 51.1 Å². The molecule has 1 saturated carbocycles. The predicted octanol–water partition coefficient (Wildman–Crippen LogP) is 6.50. The lowest BCUT2D eigenvalue weighted by molar-refractivity contribution is -0.137. The van der Waals surface area contributed by atoms with Crippen molar-refractivity contribution >= 4 is 5.91 Å². The maximum Gasteiger partial charge on any atom is 0.417 e. The van der Waals surface area contributed by atoms with Crippen molar-refractivity contribution in [1.29, 1.82) is 0 Å². The second-order valence-electron chi connectivity index (χ2n) is 9.83. The van der Waals surface area contributed by atoms with Crippen molar-refractivity contribution < 1.29 is 18.0 Å². The molecule has 2 unspecified atom stereocenters. The van der Waals surface area contributed by atoms with Crippen LogP contribution in [0.4, 0.5) is 13.2 Å². The average molecular weight is 456 g/mol. The molecule has 1 amide bonds. The number of benzene rings is 2. The molecule has 4 rings (SSSR count). The number of carbonyl (C=O) groups is 1. The first kappa shape index (κ1) is 23.1. The summed E-state index contributed by atoms with van der Waals surface area (Å²) in [6.07, 6.45) is 1.50. The Bertz CT molecular complexity index is 1150. The molecule has 174 valence electrons. The highest BCUT2D eigenvalue weighted by molar-refractivity contribution is 5.93. The maximum absolute atomic E-state index is 13.5. The zero-order valence-electron chi connectivity index (χ0n) is 19.0. The number of imidazole rings is 1. The first-order valence-corrected chi connectivity index (χ1v) is 11.1. The van der Waals surface area contributed by atoms with Crippen LogP contribution in [-0.2, 0) is 6.18 Å². The van der Waals surface area contributed by atoms with Crippen LogP contribution in [0.15, 0.2) is 61.1 Å². The summed E-state index contributed by atoms with van der Waals surface area (Å²) >= 11 is 0. The van der Waals surface area contributed by atoms with E-state index in [1.165, 1.54) is 24.7 Å². The minimum Gasteiger partial charge on any atom is -0.348 e. The zero-order valence-corrected chi connectivity index (χ0v) is 19.0. The molecule has 2 atom stereocenters. The standard InChI is InChI=1S/C26H28F3N3O/c1-17-11-19(14-25(2,3)13-17)31-24(33)23-15-30-16-32(23)20-8-6-7-18(12-20)21-9-4-5-10-22(21)26(27,28)29/h4-10,12,15-17,19H,11,13-14H2,1-3H3,(H,31,33). The molecule has 0 aliphatic heterocycles. The lowest BCUT2D eigenvalue weighted by Crippen LogP contribution is -2.43. The summed E-state index contributed by atoms with van der Waals surface area (Å²) in [7, 11) is 0. The quantitative estimate of drug-likeness (QED) is 0.488. The van der Waals surface area contributed by atoms with Crippen molar-refractivity contribution in [3.63, 3.8) is 0 Å². The number of alkyl halides is 3. The van der Waals surface area contributed by atoms with E-state index in [1.807, 2.05) is 0 Å². The van der Waals surface area contributed by atoms with E-state index in [-0.39, 0.29) is 22.9 Å². The molecule has 0 radical (unpaired) electrons. The summed E-state index contributed by atoms with van der Waals surface area (Å²) in [6, 6.07) is 12.3. The smallest absolute Gasteiger partial charge is 0.348 e. The van der Waals surface area contributed by atoms with Gasteiger partial charge >= 0.3 is 6.18 Å². The fraction of sp³-hybridized carbons (Fsp3) is 0.385. The van der Waals surface area contributed by atoms with Crippen LogP contribution in [0.25, 0.3) is 16.8 Å². The Hall–Kier alpha value is -3.09. The molecule has 1 aromatic heterocycles. The van der Waals surface area contributed by atoms with Crippen LogP contribution in [0.3, 0.4) is 0 Å². The van der Waals surface area contributed by atoms with Crippen LogP contribution in [-0.4, -0.2) is 21.5 Å². The highest BCUT2D eigenvalue weighted by atomic mass is 19.4. The third kappa shape index (κ3) is 5.13. The van der Waals surface area contributed by atoms with Crippen LogP contribution < -0.4 is 5.32 Å². The van der Waals surface area contributed by atoms with Crippen LogP contribution in [0.2, 0.25) is 0 Å². The normalized spacial score (nSPS) is 20.4. The van der Waals surface area contributed by atoms with Gasteiger partial charge in [-0.15, -0.1) is 0 Å². The number of halogens is 3. The Morgan fingerprint density at radius 3 is 2.61 bits per heavy atom. The van der Waals surface area contributed by atoms with Crippen LogP contribution in [0.5, 0.6) is 0 Å². The Morgan fingerprint density at radius 1 is 1.12 bits per heavy atom. The third-order valence-electron chi connectivity index (χ3n) is 6.26. The molecule has 2 aromatic carbocycles. The van der Waals surface area contributed by atoms with Gasteiger partial charge in [0.25, 0.3) is 5.91 Å². The van der Waals surface area contributed by atoms with E-state index in [1.54, 1.807) is 34.9 Å². The molecule has 1 heterocycles. The second-order valence-corrected chi connectivity index (χ2v) is 9.83. The summed E-state index contributed by atoms with van der Waals surface area (Å²) in [5, 5.41) is 3.14. The van der Waals surface area contributed by atoms with Crippen molar-refractivity contribution in [2.24, 2.45) is 11.3 Å². The van der Waals surface area contributed by atoms with Crippen molar-refractivity contribution in [2.75, 3.05) is 0 Å². The molecule has 7 heteroatoms. The minimum atomic E-state index is -4.46. The van der Waals surface area contributed by atoms with Crippen LogP contribution >= 0.6 is 0 Å². The van der Waals surface area contributed by atoms with Crippen molar-refractivity contribution in [3.8, 4) is 16.8 Å². The molecule has 0 saturated heterocycles. The van der Waals surface area contributed by atoms with Gasteiger partial charge in [0.15, 0.2) is 0 Å². The number of nitrogens with one attached hydrogen (secondary N) is 1. The van der Waals surface area contributed by atoms with Gasteiger partial charge in [-0.3, -0.25) is 9.36 Å². The maximum atomic E-state index is 13.5. The zero-order chi connectivity index (χ0) is 23.8. The van der Waals surface area contributed by atoms with Crippen molar-refractivity contribution in [3.05, 3.63) is 72.3 Å². The largest absolute Gasteiger partial charge is 0.417 e. The molecular formula is C26H28F3N3O. The number of hydrogen-bond acceptors (Lipinski definition) is 2. The monoisotopic (exact) mass is 455 g/mol. The summed E-state index contributed by atoms with van der Waals surface area (Å²) in [5.74, 6) is 0.290. The first-order valence-electron chi connectivity index (χ1n) is 11.1. The minimum absolute atomic E-state index is 0.0737. The molecular weight excluding hydrogens is 427 g/mol. The molecule has 0 spiro atoms. The summed E-state index contributed by atoms with van der Waals surface area (Å²) in [6.45, 7) is 6.64. The van der Waals surface area contributed by atoms with Gasteiger partial charge in [-0.2, -0.15) is 13.2 Å². The van der Waals surface area contributed by atoms with Gasteiger partial charge in [0.05, 0.1) is 18.1 Å². The number of amides is 1. The SMILES string of the molecule is CC1CC(NC(=O)c2cncn2-c2cccc(-c3ccccc3C(F)(F)F)c2)CC(C)(C)C1. The highest BCUT2D eigenvalue weighted by Gasteiger charge is 2.34. The van der Waals surface area contributed by atoms with Crippen molar-refractivity contribution in [1.82, 2.24) is 14.9 Å². The summed E-state index contributed by atoms with van der Waals surface area (Å²) < 4.78 is 42.2. The molecule has 33 heavy (non-hydrogen) atoms. The topological polar surface area (TPSA) is 46.9 Å². The lowest BCUT2D eigenvalue weighted by atomic mass is 9.70. The van der Waals surface area contributed by atoms with Gasteiger partial charge in [0.2, 0.25) is 0 Å². The van der Waals surface area contributed by atoms with E-state index in [0.29, 0.717) is 22.9 Å². The number of nitrogens with zero attached hydrogens (tertiary/aromatic N) is 2. The molecule has 1 aliphatic carbocycles. The fourth-order valence-corrected chi connectivity index (χ4v) is 5.19. The summed E-state index contributed by atoms with van der Waals surface area (Å²) in [5.41, 5.74) is 0.909. The molecule has 4 nitrogen and oxygen atoms in total. The van der Waals surface area contributed by atoms with Gasteiger partial charge in [-0.25, -0.2) is 4.98 Å². The van der Waals surface area contributed by atoms with Gasteiger partial charge in [-0.05, 0) is 59.9 Å². The predicted molar refractivity (Wildman–Crippen MR) is 122 cm³/mol. The summed E-state index contributed by atoms with van der Waals surface area (Å²) in [4.78, 5) is 17.2. The Kier molecular flexibility index (Phi) is 6.08.